The topological polar surface area (TPSA) is 124 Å². The molecule has 1 aliphatic heterocycles. The van der Waals surface area contributed by atoms with Crippen molar-refractivity contribution in [1.29, 1.82) is 0 Å². The van der Waals surface area contributed by atoms with Crippen LogP contribution in [0.15, 0.2) is 66.9 Å². The summed E-state index contributed by atoms with van der Waals surface area (Å²) >= 11 is 0. The van der Waals surface area contributed by atoms with Crippen molar-refractivity contribution in [3.8, 4) is 0 Å². The van der Waals surface area contributed by atoms with Crippen LogP contribution in [0.1, 0.15) is 49.7 Å². The molecule has 2 aliphatic rings. The molecule has 2 N–H and O–H groups in total. The molecule has 10 heteroatoms. The number of rotatable bonds is 3. The summed E-state index contributed by atoms with van der Waals surface area (Å²) < 4.78 is 8.68. The smallest absolute Gasteiger partial charge is 0.360 e. The molecule has 3 aromatic heterocycles. The lowest BCUT2D eigenvalue weighted by atomic mass is 9.96. The van der Waals surface area contributed by atoms with Crippen LogP contribution >= 0.6 is 0 Å². The minimum absolute atomic E-state index is 0.0870. The van der Waals surface area contributed by atoms with E-state index >= 15 is 0 Å². The molecule has 8 rings (SSSR count). The number of aromatic amines is 1. The summed E-state index contributed by atoms with van der Waals surface area (Å²) in [6.07, 6.45) is 6.41. The normalized spacial score (nSPS) is 18.6. The standard InChI is InChI=1S/C29H20N6O4/c1-39-29(38)19-13-34(33-32-19)14-10-11-15(12-14)35-20-9-5-3-7-17(20)22-24-23(27(36)31-28(24)37)21-16-6-2-4-8-18(16)30-25(21)26(22)35/h2-11,13-15,30H,12H2,1H3,(H,31,36,37). The fraction of sp³-hybridized carbons (Fsp3) is 0.138. The van der Waals surface area contributed by atoms with Crippen molar-refractivity contribution in [2.45, 2.75) is 18.5 Å². The number of fused-ring (bicyclic) bond motifs is 10. The van der Waals surface area contributed by atoms with Crippen molar-refractivity contribution in [2.24, 2.45) is 0 Å². The first-order valence-electron chi connectivity index (χ1n) is 12.6. The highest BCUT2D eigenvalue weighted by atomic mass is 16.5. The lowest BCUT2D eigenvalue weighted by molar-refractivity contribution is 0.0593. The van der Waals surface area contributed by atoms with Gasteiger partial charge in [-0.25, -0.2) is 9.48 Å². The van der Waals surface area contributed by atoms with Crippen molar-refractivity contribution < 1.29 is 19.1 Å². The Hall–Kier alpha value is -5.25. The van der Waals surface area contributed by atoms with E-state index in [9.17, 15) is 14.4 Å². The summed E-state index contributed by atoms with van der Waals surface area (Å²) in [7, 11) is 1.31. The maximum Gasteiger partial charge on any atom is 0.360 e. The Balaban J connectivity index is 1.41. The SMILES string of the molecule is COC(=O)c1cn(C2C=CC(n3c4ccccc4c4c5c(c6c7ccccc7[nH]c6c43)C(=O)NC5=O)C2)nn1. The molecular weight excluding hydrogens is 496 g/mol. The van der Waals surface area contributed by atoms with Crippen molar-refractivity contribution in [2.75, 3.05) is 7.11 Å². The third kappa shape index (κ3) is 2.82. The van der Waals surface area contributed by atoms with Crippen molar-refractivity contribution in [3.05, 3.63) is 83.7 Å². The molecule has 0 fully saturated rings. The third-order valence-electron chi connectivity index (χ3n) is 7.90. The predicted molar refractivity (Wildman–Crippen MR) is 144 cm³/mol. The van der Waals surface area contributed by atoms with E-state index in [2.05, 4.69) is 31.3 Å². The minimum atomic E-state index is -0.537. The lowest BCUT2D eigenvalue weighted by Gasteiger charge is -2.17. The van der Waals surface area contributed by atoms with E-state index in [4.69, 9.17) is 4.74 Å². The molecule has 0 bridgehead atoms. The van der Waals surface area contributed by atoms with E-state index in [1.165, 1.54) is 7.11 Å². The second-order valence-electron chi connectivity index (χ2n) is 9.90. The van der Waals surface area contributed by atoms with Gasteiger partial charge >= 0.3 is 5.97 Å². The first kappa shape index (κ1) is 21.8. The number of hydrogen-bond acceptors (Lipinski definition) is 6. The number of H-pyrrole nitrogens is 1. The number of benzene rings is 3. The average molecular weight is 517 g/mol. The zero-order valence-corrected chi connectivity index (χ0v) is 20.6. The van der Waals surface area contributed by atoms with Crippen LogP contribution in [-0.4, -0.2) is 49.4 Å². The van der Waals surface area contributed by atoms with Crippen molar-refractivity contribution in [3.63, 3.8) is 0 Å². The molecule has 0 radical (unpaired) electrons. The lowest BCUT2D eigenvalue weighted by Crippen LogP contribution is -2.20. The van der Waals surface area contributed by atoms with Gasteiger partial charge in [-0.1, -0.05) is 53.8 Å². The van der Waals surface area contributed by atoms with Crippen LogP contribution in [0.2, 0.25) is 0 Å². The van der Waals surface area contributed by atoms with Gasteiger partial charge in [0.05, 0.1) is 47.6 Å². The number of allylic oxidation sites excluding steroid dienone is 2. The highest BCUT2D eigenvalue weighted by Crippen LogP contribution is 2.46. The molecule has 39 heavy (non-hydrogen) atoms. The van der Waals surface area contributed by atoms with Crippen molar-refractivity contribution in [1.82, 2.24) is 29.9 Å². The summed E-state index contributed by atoms with van der Waals surface area (Å²) in [5, 5.41) is 14.0. The van der Waals surface area contributed by atoms with Crippen LogP contribution in [0.5, 0.6) is 0 Å². The molecule has 4 heterocycles. The van der Waals surface area contributed by atoms with Gasteiger partial charge in [0.2, 0.25) is 0 Å². The highest BCUT2D eigenvalue weighted by Gasteiger charge is 2.37. The molecule has 0 saturated heterocycles. The highest BCUT2D eigenvalue weighted by molar-refractivity contribution is 6.39. The molecule has 6 aromatic rings. The monoisotopic (exact) mass is 516 g/mol. The Bertz CT molecular complexity index is 2100. The van der Waals surface area contributed by atoms with Crippen LogP contribution in [0.4, 0.5) is 0 Å². The van der Waals surface area contributed by atoms with Gasteiger partial charge in [0.25, 0.3) is 11.8 Å². The Morgan fingerprint density at radius 1 is 0.949 bits per heavy atom. The van der Waals surface area contributed by atoms with E-state index in [1.54, 1.807) is 10.9 Å². The van der Waals surface area contributed by atoms with Crippen LogP contribution < -0.4 is 5.32 Å². The largest absolute Gasteiger partial charge is 0.464 e. The number of nitrogens with one attached hydrogen (secondary N) is 2. The Morgan fingerprint density at radius 2 is 1.67 bits per heavy atom. The number of imide groups is 1. The maximum atomic E-state index is 13.3. The van der Waals surface area contributed by atoms with Crippen LogP contribution in [0, 0.1) is 0 Å². The molecule has 2 amide bonds. The number of esters is 1. The quantitative estimate of drug-likeness (QED) is 0.204. The minimum Gasteiger partial charge on any atom is -0.464 e. The molecule has 0 spiro atoms. The third-order valence-corrected chi connectivity index (χ3v) is 7.90. The summed E-state index contributed by atoms with van der Waals surface area (Å²) in [4.78, 5) is 41.9. The zero-order valence-electron chi connectivity index (χ0n) is 20.6. The van der Waals surface area contributed by atoms with Gasteiger partial charge in [0.15, 0.2) is 5.69 Å². The maximum absolute atomic E-state index is 13.3. The van der Waals surface area contributed by atoms with Crippen LogP contribution in [0.3, 0.4) is 0 Å². The predicted octanol–water partition coefficient (Wildman–Crippen LogP) is 4.43. The number of ether oxygens (including phenoxy) is 1. The van der Waals surface area contributed by atoms with Gasteiger partial charge < -0.3 is 14.3 Å². The summed E-state index contributed by atoms with van der Waals surface area (Å²) in [6.45, 7) is 0. The van der Waals surface area contributed by atoms with E-state index in [0.29, 0.717) is 17.5 Å². The van der Waals surface area contributed by atoms with E-state index in [-0.39, 0.29) is 29.6 Å². The van der Waals surface area contributed by atoms with E-state index in [1.807, 2.05) is 54.6 Å². The molecule has 2 atom stereocenters. The zero-order chi connectivity index (χ0) is 26.4. The number of aromatic nitrogens is 5. The van der Waals surface area contributed by atoms with Crippen molar-refractivity contribution >= 4 is 61.4 Å². The molecule has 2 unspecified atom stereocenters. The van der Waals surface area contributed by atoms with Crippen LogP contribution in [0.25, 0.3) is 43.6 Å². The molecule has 3 aromatic carbocycles. The number of carbonyl (C=O) groups is 3. The Morgan fingerprint density at radius 3 is 2.49 bits per heavy atom. The first-order chi connectivity index (χ1) is 19.0. The number of hydrogen-bond donors (Lipinski definition) is 2. The molecule has 1 aliphatic carbocycles. The summed E-state index contributed by atoms with van der Waals surface area (Å²) in [5.74, 6) is -1.30. The van der Waals surface area contributed by atoms with Gasteiger partial charge in [-0.2, -0.15) is 0 Å². The second kappa shape index (κ2) is 7.64. The second-order valence-corrected chi connectivity index (χ2v) is 9.90. The Labute approximate surface area is 219 Å². The van der Waals surface area contributed by atoms with Gasteiger partial charge in [0.1, 0.15) is 0 Å². The Kier molecular flexibility index (Phi) is 4.27. The van der Waals surface area contributed by atoms with Gasteiger partial charge in [-0.05, 0) is 18.6 Å². The fourth-order valence-corrected chi connectivity index (χ4v) is 6.30. The van der Waals surface area contributed by atoms with Gasteiger partial charge in [-0.3, -0.25) is 14.9 Å². The first-order valence-corrected chi connectivity index (χ1v) is 12.6. The van der Waals surface area contributed by atoms with E-state index in [0.717, 1.165) is 43.6 Å². The molecule has 10 nitrogen and oxygen atoms in total. The molecule has 190 valence electrons. The number of nitrogens with zero attached hydrogens (tertiary/aromatic N) is 4. The van der Waals surface area contributed by atoms with Crippen LogP contribution in [-0.2, 0) is 4.74 Å². The van der Waals surface area contributed by atoms with E-state index < -0.39 is 5.97 Å². The van der Waals surface area contributed by atoms with Gasteiger partial charge in [0, 0.05) is 32.6 Å². The summed E-state index contributed by atoms with van der Waals surface area (Å²) in [6, 6.07) is 15.6. The number of methoxy groups -OCH3 is 1. The number of carbonyl (C=O) groups excluding carboxylic acids is 3. The fourth-order valence-electron chi connectivity index (χ4n) is 6.30. The molecular formula is C29H20N6O4. The van der Waals surface area contributed by atoms with Gasteiger partial charge in [-0.15, -0.1) is 5.10 Å². The number of amides is 2. The average Bonchev–Trinajstić information content (AvgIpc) is 3.76. The number of para-hydroxylation sites is 2. The summed E-state index contributed by atoms with van der Waals surface area (Å²) in [5.41, 5.74) is 4.52. The molecule has 0 saturated carbocycles.